The normalized spacial score (nSPS) is 15.1. The van der Waals surface area contributed by atoms with Gasteiger partial charge >= 0.3 is 0 Å². The monoisotopic (exact) mass is 480 g/mol. The van der Waals surface area contributed by atoms with Crippen LogP contribution in [0.3, 0.4) is 0 Å². The van der Waals surface area contributed by atoms with E-state index in [1.54, 1.807) is 6.20 Å². The minimum Gasteiger partial charge on any atom is -0.350 e. The SMILES string of the molecule is O=C(NCc1ccccn1)C(CCCCn1cc(-c2ccccc2)c2cccnc21)C1CCCCC1. The number of nitrogens with one attached hydrogen (secondary N) is 1. The van der Waals surface area contributed by atoms with Crippen molar-refractivity contribution < 1.29 is 4.79 Å². The summed E-state index contributed by atoms with van der Waals surface area (Å²) in [5.74, 6) is 0.793. The van der Waals surface area contributed by atoms with Gasteiger partial charge in [-0.15, -0.1) is 0 Å². The average molecular weight is 481 g/mol. The number of aryl methyl sites for hydroxylation is 1. The van der Waals surface area contributed by atoms with Gasteiger partial charge in [-0.05, 0) is 61.4 Å². The molecule has 186 valence electrons. The van der Waals surface area contributed by atoms with Crippen LogP contribution in [-0.2, 0) is 17.9 Å². The number of hydrogen-bond donors (Lipinski definition) is 1. The van der Waals surface area contributed by atoms with Gasteiger partial charge in [0.2, 0.25) is 5.91 Å². The Bertz CT molecular complexity index is 1250. The lowest BCUT2D eigenvalue weighted by atomic mass is 9.77. The van der Waals surface area contributed by atoms with Crippen molar-refractivity contribution in [1.82, 2.24) is 19.9 Å². The van der Waals surface area contributed by atoms with E-state index in [2.05, 4.69) is 62.4 Å². The molecule has 1 N–H and O–H groups in total. The zero-order chi connectivity index (χ0) is 24.6. The molecular weight excluding hydrogens is 444 g/mol. The van der Waals surface area contributed by atoms with Crippen molar-refractivity contribution in [2.75, 3.05) is 0 Å². The van der Waals surface area contributed by atoms with E-state index in [9.17, 15) is 4.79 Å². The molecule has 1 saturated carbocycles. The molecule has 1 aliphatic carbocycles. The highest BCUT2D eigenvalue weighted by Gasteiger charge is 2.29. The van der Waals surface area contributed by atoms with E-state index in [1.165, 1.54) is 48.6 Å². The number of carbonyl (C=O) groups excluding carboxylic acids is 1. The fourth-order valence-corrected chi connectivity index (χ4v) is 5.72. The molecular formula is C31H36N4O. The van der Waals surface area contributed by atoms with Crippen LogP contribution in [0.4, 0.5) is 0 Å². The number of carbonyl (C=O) groups is 1. The van der Waals surface area contributed by atoms with Gasteiger partial charge in [-0.25, -0.2) is 4.98 Å². The van der Waals surface area contributed by atoms with Crippen molar-refractivity contribution >= 4 is 16.9 Å². The molecule has 5 heteroatoms. The fourth-order valence-electron chi connectivity index (χ4n) is 5.72. The van der Waals surface area contributed by atoms with E-state index in [0.717, 1.165) is 37.1 Å². The van der Waals surface area contributed by atoms with Crippen molar-refractivity contribution in [1.29, 1.82) is 0 Å². The van der Waals surface area contributed by atoms with Crippen LogP contribution in [0.1, 0.15) is 57.1 Å². The maximum Gasteiger partial charge on any atom is 0.223 e. The number of aromatic nitrogens is 3. The second-order valence-corrected chi connectivity index (χ2v) is 10.0. The summed E-state index contributed by atoms with van der Waals surface area (Å²) in [5.41, 5.74) is 4.40. The first kappa shape index (κ1) is 24.2. The molecule has 1 aliphatic rings. The minimum atomic E-state index is 0.0911. The van der Waals surface area contributed by atoms with Crippen molar-refractivity contribution in [3.63, 3.8) is 0 Å². The number of benzene rings is 1. The maximum absolute atomic E-state index is 13.3. The van der Waals surface area contributed by atoms with Gasteiger partial charge in [0.05, 0.1) is 12.2 Å². The summed E-state index contributed by atoms with van der Waals surface area (Å²) in [7, 11) is 0. The molecule has 3 aromatic heterocycles. The topological polar surface area (TPSA) is 59.8 Å². The third-order valence-corrected chi connectivity index (χ3v) is 7.61. The number of fused-ring (bicyclic) bond motifs is 1. The molecule has 0 radical (unpaired) electrons. The second kappa shape index (κ2) is 12.0. The molecule has 5 rings (SSSR count). The van der Waals surface area contributed by atoms with Crippen LogP contribution in [0.25, 0.3) is 22.2 Å². The van der Waals surface area contributed by atoms with Crippen LogP contribution in [0, 0.1) is 11.8 Å². The quantitative estimate of drug-likeness (QED) is 0.255. The van der Waals surface area contributed by atoms with Crippen LogP contribution in [-0.4, -0.2) is 20.4 Å². The zero-order valence-corrected chi connectivity index (χ0v) is 21.0. The smallest absolute Gasteiger partial charge is 0.223 e. The number of hydrogen-bond acceptors (Lipinski definition) is 3. The summed E-state index contributed by atoms with van der Waals surface area (Å²) in [5, 5.41) is 4.38. The largest absolute Gasteiger partial charge is 0.350 e. The fraction of sp³-hybridized carbons (Fsp3) is 0.387. The van der Waals surface area contributed by atoms with Crippen molar-refractivity contribution in [3.8, 4) is 11.1 Å². The first-order valence-corrected chi connectivity index (χ1v) is 13.5. The van der Waals surface area contributed by atoms with Gasteiger partial charge in [0.25, 0.3) is 0 Å². The van der Waals surface area contributed by atoms with E-state index in [0.29, 0.717) is 12.5 Å². The molecule has 0 saturated heterocycles. The Labute approximate surface area is 214 Å². The first-order chi connectivity index (χ1) is 17.8. The van der Waals surface area contributed by atoms with Gasteiger partial charge in [-0.2, -0.15) is 0 Å². The van der Waals surface area contributed by atoms with E-state index >= 15 is 0 Å². The van der Waals surface area contributed by atoms with Crippen LogP contribution in [0.5, 0.6) is 0 Å². The third kappa shape index (κ3) is 5.84. The summed E-state index contributed by atoms with van der Waals surface area (Å²) in [4.78, 5) is 22.3. The summed E-state index contributed by atoms with van der Waals surface area (Å²) in [6.07, 6.45) is 15.1. The number of rotatable bonds is 10. The molecule has 5 nitrogen and oxygen atoms in total. The summed E-state index contributed by atoms with van der Waals surface area (Å²) in [6.45, 7) is 1.42. The summed E-state index contributed by atoms with van der Waals surface area (Å²) >= 11 is 0. The lowest BCUT2D eigenvalue weighted by molar-refractivity contribution is -0.127. The predicted octanol–water partition coefficient (Wildman–Crippen LogP) is 6.78. The Morgan fingerprint density at radius 3 is 2.53 bits per heavy atom. The molecule has 0 bridgehead atoms. The second-order valence-electron chi connectivity index (χ2n) is 10.0. The molecule has 3 heterocycles. The Morgan fingerprint density at radius 1 is 0.917 bits per heavy atom. The van der Waals surface area contributed by atoms with E-state index in [-0.39, 0.29) is 11.8 Å². The highest BCUT2D eigenvalue weighted by molar-refractivity contribution is 5.94. The molecule has 1 aromatic carbocycles. The lowest BCUT2D eigenvalue weighted by Gasteiger charge is -2.29. The van der Waals surface area contributed by atoms with Gasteiger partial charge in [-0.3, -0.25) is 9.78 Å². The molecule has 1 unspecified atom stereocenters. The summed E-state index contributed by atoms with van der Waals surface area (Å²) < 4.78 is 2.29. The van der Waals surface area contributed by atoms with Crippen molar-refractivity contribution in [3.05, 3.63) is 84.9 Å². The minimum absolute atomic E-state index is 0.0911. The number of amides is 1. The Hall–Kier alpha value is -3.47. The van der Waals surface area contributed by atoms with E-state index in [4.69, 9.17) is 0 Å². The standard InChI is InChI=1S/C31H36N4O/c36-31(34-22-26-16-7-9-19-32-26)27(24-12-3-1-4-13-24)17-8-10-21-35-23-29(25-14-5-2-6-15-25)28-18-11-20-33-30(28)35/h2,5-7,9,11,14-16,18-20,23-24,27H,1,3-4,8,10,12-13,17,21-22H2,(H,34,36). The van der Waals surface area contributed by atoms with Gasteiger partial charge in [0, 0.05) is 42.0 Å². The highest BCUT2D eigenvalue weighted by Crippen LogP contribution is 2.34. The number of nitrogens with zero attached hydrogens (tertiary/aromatic N) is 3. The van der Waals surface area contributed by atoms with Gasteiger partial charge < -0.3 is 9.88 Å². The molecule has 36 heavy (non-hydrogen) atoms. The average Bonchev–Trinajstić information content (AvgIpc) is 3.32. The molecule has 1 atom stereocenters. The van der Waals surface area contributed by atoms with Crippen LogP contribution in [0.2, 0.25) is 0 Å². The number of unbranched alkanes of at least 4 members (excludes halogenated alkanes) is 1. The van der Waals surface area contributed by atoms with E-state index < -0.39 is 0 Å². The van der Waals surface area contributed by atoms with Crippen LogP contribution < -0.4 is 5.32 Å². The lowest BCUT2D eigenvalue weighted by Crippen LogP contribution is -2.35. The Morgan fingerprint density at radius 2 is 1.72 bits per heavy atom. The van der Waals surface area contributed by atoms with E-state index in [1.807, 2.05) is 30.5 Å². The number of pyridine rings is 2. The zero-order valence-electron chi connectivity index (χ0n) is 21.0. The summed E-state index contributed by atoms with van der Waals surface area (Å²) in [6, 6.07) is 20.5. The van der Waals surface area contributed by atoms with Crippen LogP contribution >= 0.6 is 0 Å². The molecule has 0 spiro atoms. The van der Waals surface area contributed by atoms with Gasteiger partial charge in [-0.1, -0.05) is 62.1 Å². The first-order valence-electron chi connectivity index (χ1n) is 13.5. The Balaban J connectivity index is 1.23. The van der Waals surface area contributed by atoms with Gasteiger partial charge in [0.1, 0.15) is 5.65 Å². The van der Waals surface area contributed by atoms with Crippen LogP contribution in [0.15, 0.2) is 79.3 Å². The molecule has 4 aromatic rings. The maximum atomic E-state index is 13.3. The molecule has 0 aliphatic heterocycles. The van der Waals surface area contributed by atoms with Crippen molar-refractivity contribution in [2.45, 2.75) is 64.5 Å². The van der Waals surface area contributed by atoms with Crippen molar-refractivity contribution in [2.24, 2.45) is 11.8 Å². The third-order valence-electron chi connectivity index (χ3n) is 7.61. The molecule has 1 amide bonds. The molecule has 1 fully saturated rings. The predicted molar refractivity (Wildman–Crippen MR) is 145 cm³/mol. The van der Waals surface area contributed by atoms with Gasteiger partial charge in [0.15, 0.2) is 0 Å². The Kier molecular flexibility index (Phi) is 8.06. The highest BCUT2D eigenvalue weighted by atomic mass is 16.1.